The van der Waals surface area contributed by atoms with E-state index in [1.165, 1.54) is 18.2 Å². The predicted octanol–water partition coefficient (Wildman–Crippen LogP) is 1.53. The zero-order valence-corrected chi connectivity index (χ0v) is 13.6. The highest BCUT2D eigenvalue weighted by atomic mass is 35.5. The monoisotopic (exact) mass is 336 g/mol. The van der Waals surface area contributed by atoms with E-state index in [4.69, 9.17) is 34.3 Å². The molecule has 3 N–H and O–H groups in total. The van der Waals surface area contributed by atoms with E-state index in [1.54, 1.807) is 7.11 Å². The van der Waals surface area contributed by atoms with Gasteiger partial charge in [0.05, 0.1) is 5.02 Å². The van der Waals surface area contributed by atoms with Gasteiger partial charge >= 0.3 is 0 Å². The topological polar surface area (TPSA) is 81.4 Å². The van der Waals surface area contributed by atoms with E-state index in [9.17, 15) is 8.42 Å². The molecule has 8 heteroatoms. The molecular formula is C12H17ClN2O3S2. The molecule has 20 heavy (non-hydrogen) atoms. The maximum absolute atomic E-state index is 12.1. The van der Waals surface area contributed by atoms with Gasteiger partial charge in [-0.25, -0.2) is 13.1 Å². The lowest BCUT2D eigenvalue weighted by Gasteiger charge is -2.13. The van der Waals surface area contributed by atoms with Crippen molar-refractivity contribution in [2.24, 2.45) is 11.7 Å². The first-order chi connectivity index (χ1) is 9.27. The SMILES string of the molecule is COCC(C)CNS(=O)(=O)c1ccc(C(N)=S)cc1Cl. The molecule has 1 unspecified atom stereocenters. The number of hydrogen-bond acceptors (Lipinski definition) is 4. The normalized spacial score (nSPS) is 13.2. The lowest BCUT2D eigenvalue weighted by atomic mass is 10.2. The molecule has 0 bridgehead atoms. The number of methoxy groups -OCH3 is 1. The van der Waals surface area contributed by atoms with Crippen molar-refractivity contribution in [2.45, 2.75) is 11.8 Å². The minimum Gasteiger partial charge on any atom is -0.389 e. The average Bonchev–Trinajstić information content (AvgIpc) is 2.36. The van der Waals surface area contributed by atoms with Crippen molar-refractivity contribution in [2.75, 3.05) is 20.3 Å². The molecule has 0 fully saturated rings. The summed E-state index contributed by atoms with van der Waals surface area (Å²) in [5, 5.41) is 0.0854. The molecule has 112 valence electrons. The van der Waals surface area contributed by atoms with Crippen LogP contribution in [0.1, 0.15) is 12.5 Å². The molecule has 0 aliphatic carbocycles. The van der Waals surface area contributed by atoms with Gasteiger partial charge in [-0.15, -0.1) is 0 Å². The van der Waals surface area contributed by atoms with Gasteiger partial charge in [-0.05, 0) is 18.1 Å². The number of halogens is 1. The second-order valence-electron chi connectivity index (χ2n) is 4.42. The number of nitrogens with one attached hydrogen (secondary N) is 1. The first-order valence-electron chi connectivity index (χ1n) is 5.86. The van der Waals surface area contributed by atoms with Gasteiger partial charge in [0.1, 0.15) is 9.88 Å². The number of hydrogen-bond donors (Lipinski definition) is 2. The Morgan fingerprint density at radius 2 is 2.20 bits per heavy atom. The fourth-order valence-corrected chi connectivity index (χ4v) is 3.38. The molecule has 5 nitrogen and oxygen atoms in total. The smallest absolute Gasteiger partial charge is 0.242 e. The summed E-state index contributed by atoms with van der Waals surface area (Å²) >= 11 is 10.8. The Morgan fingerprint density at radius 1 is 1.55 bits per heavy atom. The van der Waals surface area contributed by atoms with E-state index in [0.29, 0.717) is 12.2 Å². The van der Waals surface area contributed by atoms with Crippen LogP contribution < -0.4 is 10.5 Å². The highest BCUT2D eigenvalue weighted by Crippen LogP contribution is 2.22. The molecule has 0 aromatic heterocycles. The summed E-state index contributed by atoms with van der Waals surface area (Å²) < 4.78 is 31.7. The van der Waals surface area contributed by atoms with Crippen LogP contribution >= 0.6 is 23.8 Å². The number of benzene rings is 1. The Kier molecular flexibility index (Phi) is 6.35. The van der Waals surface area contributed by atoms with Gasteiger partial charge in [0.15, 0.2) is 0 Å². The fraction of sp³-hybridized carbons (Fsp3) is 0.417. The highest BCUT2D eigenvalue weighted by Gasteiger charge is 2.19. The Morgan fingerprint density at radius 3 is 2.70 bits per heavy atom. The van der Waals surface area contributed by atoms with Crippen LogP contribution in [0.4, 0.5) is 0 Å². The molecule has 1 aromatic carbocycles. The van der Waals surface area contributed by atoms with Crippen molar-refractivity contribution >= 4 is 38.8 Å². The number of nitrogens with two attached hydrogens (primary N) is 1. The molecule has 1 rings (SSSR count). The average molecular weight is 337 g/mol. The van der Waals surface area contributed by atoms with Gasteiger partial charge in [0.25, 0.3) is 0 Å². The highest BCUT2D eigenvalue weighted by molar-refractivity contribution is 7.89. The second kappa shape index (κ2) is 7.33. The van der Waals surface area contributed by atoms with Gasteiger partial charge in [-0.3, -0.25) is 0 Å². The summed E-state index contributed by atoms with van der Waals surface area (Å²) in [6.07, 6.45) is 0. The molecule has 1 atom stereocenters. The largest absolute Gasteiger partial charge is 0.389 e. The summed E-state index contributed by atoms with van der Waals surface area (Å²) in [4.78, 5) is 0.168. The van der Waals surface area contributed by atoms with Crippen LogP contribution in [-0.2, 0) is 14.8 Å². The van der Waals surface area contributed by atoms with Gasteiger partial charge in [-0.1, -0.05) is 36.8 Å². The zero-order chi connectivity index (χ0) is 15.3. The Bertz CT molecular complexity index is 590. The second-order valence-corrected chi connectivity index (χ2v) is 7.00. The van der Waals surface area contributed by atoms with Crippen molar-refractivity contribution in [3.05, 3.63) is 28.8 Å². The van der Waals surface area contributed by atoms with Crippen LogP contribution in [0.2, 0.25) is 5.02 Å². The number of sulfonamides is 1. The molecule has 1 aromatic rings. The Hall–Kier alpha value is -0.730. The summed E-state index contributed by atoms with van der Waals surface area (Å²) in [6.45, 7) is 2.61. The van der Waals surface area contributed by atoms with E-state index in [2.05, 4.69) is 4.72 Å². The van der Waals surface area contributed by atoms with Crippen molar-refractivity contribution in [3.8, 4) is 0 Å². The number of ether oxygens (including phenoxy) is 1. The van der Waals surface area contributed by atoms with Gasteiger partial charge in [0, 0.05) is 25.8 Å². The van der Waals surface area contributed by atoms with Gasteiger partial charge in [-0.2, -0.15) is 0 Å². The van der Waals surface area contributed by atoms with E-state index in [-0.39, 0.29) is 27.4 Å². The maximum atomic E-state index is 12.1. The van der Waals surface area contributed by atoms with Crippen LogP contribution in [-0.4, -0.2) is 33.7 Å². The Balaban J connectivity index is 2.90. The lowest BCUT2D eigenvalue weighted by Crippen LogP contribution is -2.30. The maximum Gasteiger partial charge on any atom is 0.242 e. The van der Waals surface area contributed by atoms with Gasteiger partial charge in [0.2, 0.25) is 10.0 Å². The van der Waals surface area contributed by atoms with Crippen molar-refractivity contribution < 1.29 is 13.2 Å². The van der Waals surface area contributed by atoms with E-state index in [0.717, 1.165) is 0 Å². The molecule has 0 radical (unpaired) electrons. The summed E-state index contributed by atoms with van der Waals surface area (Å²) in [6, 6.07) is 4.36. The van der Waals surface area contributed by atoms with E-state index < -0.39 is 10.0 Å². The third kappa shape index (κ3) is 4.68. The van der Waals surface area contributed by atoms with Crippen LogP contribution in [0, 0.1) is 5.92 Å². The molecule has 0 spiro atoms. The van der Waals surface area contributed by atoms with Crippen molar-refractivity contribution in [1.82, 2.24) is 4.72 Å². The molecule has 0 saturated carbocycles. The van der Waals surface area contributed by atoms with Crippen molar-refractivity contribution in [3.63, 3.8) is 0 Å². The third-order valence-corrected chi connectivity index (χ3v) is 4.72. The van der Waals surface area contributed by atoms with Crippen LogP contribution in [0.5, 0.6) is 0 Å². The minimum atomic E-state index is -3.67. The standard InChI is InChI=1S/C12H17ClN2O3S2/c1-8(7-18-2)6-15-20(16,17)11-4-3-9(12(14)19)5-10(11)13/h3-5,8,15H,6-7H2,1-2H3,(H2,14,19). The molecular weight excluding hydrogens is 320 g/mol. The number of thiocarbonyl (C=S) groups is 1. The summed E-state index contributed by atoms with van der Waals surface area (Å²) in [5.74, 6) is 0.0597. The summed E-state index contributed by atoms with van der Waals surface area (Å²) in [7, 11) is -2.10. The van der Waals surface area contributed by atoms with Crippen LogP contribution in [0.3, 0.4) is 0 Å². The first kappa shape index (κ1) is 17.3. The van der Waals surface area contributed by atoms with Crippen LogP contribution in [0.25, 0.3) is 0 Å². The summed E-state index contributed by atoms with van der Waals surface area (Å²) in [5.41, 5.74) is 5.99. The first-order valence-corrected chi connectivity index (χ1v) is 8.13. The molecule has 0 heterocycles. The molecule has 0 aliphatic rings. The Labute approximate surface area is 129 Å². The third-order valence-electron chi connectivity index (χ3n) is 2.58. The number of rotatable bonds is 7. The zero-order valence-electron chi connectivity index (χ0n) is 11.2. The van der Waals surface area contributed by atoms with Crippen LogP contribution in [0.15, 0.2) is 23.1 Å². The lowest BCUT2D eigenvalue weighted by molar-refractivity contribution is 0.161. The van der Waals surface area contributed by atoms with Crippen molar-refractivity contribution in [1.29, 1.82) is 0 Å². The predicted molar refractivity (Wildman–Crippen MR) is 83.6 cm³/mol. The fourth-order valence-electron chi connectivity index (χ4n) is 1.55. The quantitative estimate of drug-likeness (QED) is 0.738. The molecule has 0 amide bonds. The van der Waals surface area contributed by atoms with E-state index in [1.807, 2.05) is 6.92 Å². The minimum absolute atomic E-state index is 0.00350. The molecule has 0 aliphatic heterocycles. The molecule has 0 saturated heterocycles. The van der Waals surface area contributed by atoms with Gasteiger partial charge < -0.3 is 10.5 Å². The van der Waals surface area contributed by atoms with E-state index >= 15 is 0 Å².